The molecule has 1 fully saturated rings. The van der Waals surface area contributed by atoms with Crippen LogP contribution in [-0.4, -0.2) is 53.9 Å². The molecule has 1 N–H and O–H groups in total. The van der Waals surface area contributed by atoms with Crippen molar-refractivity contribution in [3.8, 4) is 5.75 Å². The fourth-order valence-corrected chi connectivity index (χ4v) is 7.94. The number of piperidine rings is 1. The average molecular weight is 642 g/mol. The van der Waals surface area contributed by atoms with Crippen LogP contribution in [0.3, 0.4) is 0 Å². The molecule has 236 valence electrons. The number of ether oxygens (including phenoxy) is 2. The Kier molecular flexibility index (Phi) is 12.3. The van der Waals surface area contributed by atoms with Gasteiger partial charge >= 0.3 is 6.09 Å². The van der Waals surface area contributed by atoms with Gasteiger partial charge in [-0.1, -0.05) is 77.9 Å². The molecule has 0 spiro atoms. The van der Waals surface area contributed by atoms with E-state index in [4.69, 9.17) is 9.47 Å². The SMILES string of the molecule is Cc1ccc(SC[C@@H]2CN(C(=O)O)C[C@H](CSc3ccc(C)cc3)C2c2ccc(OCCCOCc3ccccc3)cc2)cc1. The molecule has 5 nitrogen and oxygen atoms in total. The molecule has 4 aromatic carbocycles. The number of rotatable bonds is 14. The molecule has 1 aliphatic rings. The zero-order valence-electron chi connectivity index (χ0n) is 26.1. The zero-order chi connectivity index (χ0) is 31.4. The summed E-state index contributed by atoms with van der Waals surface area (Å²) < 4.78 is 11.9. The van der Waals surface area contributed by atoms with Gasteiger partial charge in [-0.2, -0.15) is 0 Å². The first kappa shape index (κ1) is 33.0. The Hall–Kier alpha value is -3.39. The number of benzene rings is 4. The molecule has 0 radical (unpaired) electrons. The molecule has 1 heterocycles. The quantitative estimate of drug-likeness (QED) is 0.109. The number of likely N-dealkylation sites (tertiary alicyclic amines) is 1. The van der Waals surface area contributed by atoms with Crippen LogP contribution in [0.1, 0.15) is 34.6 Å². The first-order valence-corrected chi connectivity index (χ1v) is 17.6. The van der Waals surface area contributed by atoms with Gasteiger partial charge in [-0.3, -0.25) is 0 Å². The second-order valence-electron chi connectivity index (χ2n) is 11.8. The van der Waals surface area contributed by atoms with Crippen LogP contribution in [0.5, 0.6) is 5.75 Å². The maximum atomic E-state index is 12.3. The molecule has 0 aliphatic carbocycles. The predicted octanol–water partition coefficient (Wildman–Crippen LogP) is 9.18. The third kappa shape index (κ3) is 10.1. The number of thioether (sulfide) groups is 2. The summed E-state index contributed by atoms with van der Waals surface area (Å²) in [5, 5.41) is 10.1. The fourth-order valence-electron chi connectivity index (χ4n) is 5.84. The summed E-state index contributed by atoms with van der Waals surface area (Å²) in [4.78, 5) is 16.3. The molecular formula is C38H43NO4S2. The molecule has 0 aromatic heterocycles. The van der Waals surface area contributed by atoms with Gasteiger partial charge in [0.1, 0.15) is 5.75 Å². The standard InChI is InChI=1S/C38H43NO4S2/c1-28-9-17-35(18-10-28)44-26-32-23-39(38(40)41)24-33(27-45-36-19-11-29(2)12-20-36)37(32)31-13-15-34(16-14-31)43-22-6-21-42-25-30-7-4-3-5-8-30/h3-5,7-20,32-33,37H,6,21-27H2,1-2H3,(H,40,41)/t32-,33+,37?. The normalized spacial score (nSPS) is 18.1. The molecule has 7 heteroatoms. The molecule has 4 aromatic rings. The Balaban J connectivity index is 1.26. The molecule has 1 saturated heterocycles. The molecule has 3 atom stereocenters. The van der Waals surface area contributed by atoms with E-state index in [2.05, 4.69) is 98.8 Å². The highest BCUT2D eigenvalue weighted by molar-refractivity contribution is 7.99. The van der Waals surface area contributed by atoms with E-state index in [9.17, 15) is 9.90 Å². The molecule has 1 aliphatic heterocycles. The third-order valence-corrected chi connectivity index (χ3v) is 10.6. The lowest BCUT2D eigenvalue weighted by Gasteiger charge is -2.43. The van der Waals surface area contributed by atoms with E-state index in [0.717, 1.165) is 23.7 Å². The lowest BCUT2D eigenvalue weighted by atomic mass is 9.75. The summed E-state index contributed by atoms with van der Waals surface area (Å²) in [7, 11) is 0. The van der Waals surface area contributed by atoms with E-state index in [-0.39, 0.29) is 17.8 Å². The van der Waals surface area contributed by atoms with Gasteiger partial charge in [-0.15, -0.1) is 23.5 Å². The first-order chi connectivity index (χ1) is 21.9. The van der Waals surface area contributed by atoms with Crippen LogP contribution in [0.15, 0.2) is 113 Å². The van der Waals surface area contributed by atoms with Gasteiger partial charge in [-0.05, 0) is 79.1 Å². The largest absolute Gasteiger partial charge is 0.494 e. The van der Waals surface area contributed by atoms with Crippen molar-refractivity contribution in [1.29, 1.82) is 0 Å². The van der Waals surface area contributed by atoms with Crippen molar-refractivity contribution in [2.75, 3.05) is 37.8 Å². The van der Waals surface area contributed by atoms with Gasteiger partial charge in [0.2, 0.25) is 0 Å². The Morgan fingerprint density at radius 2 is 1.31 bits per heavy atom. The van der Waals surface area contributed by atoms with Crippen LogP contribution in [-0.2, 0) is 11.3 Å². The Labute approximate surface area is 276 Å². The summed E-state index contributed by atoms with van der Waals surface area (Å²) in [6.45, 7) is 7.12. The van der Waals surface area contributed by atoms with E-state index in [1.807, 2.05) is 41.7 Å². The minimum Gasteiger partial charge on any atom is -0.494 e. The number of carbonyl (C=O) groups is 1. The van der Waals surface area contributed by atoms with Crippen LogP contribution in [0.25, 0.3) is 0 Å². The van der Waals surface area contributed by atoms with Crippen LogP contribution in [0.2, 0.25) is 0 Å². The van der Waals surface area contributed by atoms with Gasteiger partial charge < -0.3 is 19.5 Å². The van der Waals surface area contributed by atoms with Gasteiger partial charge in [-0.25, -0.2) is 4.79 Å². The first-order valence-electron chi connectivity index (χ1n) is 15.7. The van der Waals surface area contributed by atoms with E-state index >= 15 is 0 Å². The highest BCUT2D eigenvalue weighted by Gasteiger charge is 2.39. The summed E-state index contributed by atoms with van der Waals surface area (Å²) in [5.74, 6) is 3.14. The van der Waals surface area contributed by atoms with Crippen molar-refractivity contribution < 1.29 is 19.4 Å². The average Bonchev–Trinajstić information content (AvgIpc) is 3.06. The van der Waals surface area contributed by atoms with Crippen molar-refractivity contribution in [3.63, 3.8) is 0 Å². The Morgan fingerprint density at radius 3 is 1.84 bits per heavy atom. The number of carboxylic acid groups (broad SMARTS) is 1. The minimum atomic E-state index is -0.833. The van der Waals surface area contributed by atoms with E-state index in [0.29, 0.717) is 32.9 Å². The van der Waals surface area contributed by atoms with Gasteiger partial charge in [0, 0.05) is 40.8 Å². The van der Waals surface area contributed by atoms with Crippen molar-refractivity contribution in [1.82, 2.24) is 4.90 Å². The fraction of sp³-hybridized carbons (Fsp3) is 0.342. The van der Waals surface area contributed by atoms with E-state index in [1.165, 1.54) is 32.0 Å². The number of hydrogen-bond acceptors (Lipinski definition) is 5. The second-order valence-corrected chi connectivity index (χ2v) is 14.0. The number of hydrogen-bond donors (Lipinski definition) is 1. The van der Waals surface area contributed by atoms with Crippen molar-refractivity contribution in [3.05, 3.63) is 125 Å². The maximum absolute atomic E-state index is 12.3. The van der Waals surface area contributed by atoms with Crippen LogP contribution in [0, 0.1) is 25.7 Å². The zero-order valence-corrected chi connectivity index (χ0v) is 27.8. The predicted molar refractivity (Wildman–Crippen MR) is 186 cm³/mol. The molecule has 1 unspecified atom stereocenters. The Morgan fingerprint density at radius 1 is 0.756 bits per heavy atom. The molecule has 1 amide bonds. The molecular weight excluding hydrogens is 599 g/mol. The minimum absolute atomic E-state index is 0.179. The lowest BCUT2D eigenvalue weighted by Crippen LogP contribution is -2.49. The number of nitrogens with zero attached hydrogens (tertiary/aromatic N) is 1. The summed E-state index contributed by atoms with van der Waals surface area (Å²) >= 11 is 3.64. The van der Waals surface area contributed by atoms with Crippen LogP contribution >= 0.6 is 23.5 Å². The van der Waals surface area contributed by atoms with Crippen LogP contribution < -0.4 is 4.74 Å². The Bertz CT molecular complexity index is 1400. The van der Waals surface area contributed by atoms with E-state index < -0.39 is 6.09 Å². The van der Waals surface area contributed by atoms with Crippen molar-refractivity contribution in [2.45, 2.75) is 42.6 Å². The van der Waals surface area contributed by atoms with Gasteiger partial charge in [0.05, 0.1) is 19.8 Å². The molecule has 0 saturated carbocycles. The van der Waals surface area contributed by atoms with Gasteiger partial charge in [0.15, 0.2) is 0 Å². The highest BCUT2D eigenvalue weighted by Crippen LogP contribution is 2.42. The monoisotopic (exact) mass is 641 g/mol. The topological polar surface area (TPSA) is 59.0 Å². The summed E-state index contributed by atoms with van der Waals surface area (Å²) in [6.07, 6.45) is -0.0145. The molecule has 0 bridgehead atoms. The van der Waals surface area contributed by atoms with Crippen LogP contribution in [0.4, 0.5) is 4.79 Å². The summed E-state index contributed by atoms with van der Waals surface area (Å²) in [5.41, 5.74) is 4.90. The van der Waals surface area contributed by atoms with E-state index in [1.54, 1.807) is 4.90 Å². The molecule has 45 heavy (non-hydrogen) atoms. The number of amides is 1. The third-order valence-electron chi connectivity index (χ3n) is 8.24. The maximum Gasteiger partial charge on any atom is 0.407 e. The highest BCUT2D eigenvalue weighted by atomic mass is 32.2. The van der Waals surface area contributed by atoms with Crippen molar-refractivity contribution in [2.24, 2.45) is 11.8 Å². The lowest BCUT2D eigenvalue weighted by molar-refractivity contribution is 0.0965. The van der Waals surface area contributed by atoms with Gasteiger partial charge in [0.25, 0.3) is 0 Å². The number of aryl methyl sites for hydroxylation is 2. The smallest absolute Gasteiger partial charge is 0.407 e. The second kappa shape index (κ2) is 16.8. The summed E-state index contributed by atoms with van der Waals surface area (Å²) in [6, 6.07) is 35.9. The van der Waals surface area contributed by atoms with Crippen molar-refractivity contribution >= 4 is 29.6 Å². The molecule has 5 rings (SSSR count).